The second-order valence-electron chi connectivity index (χ2n) is 7.71. The molecule has 33 heavy (non-hydrogen) atoms. The number of carbonyl (C=O) groups excluding carboxylic acids is 2. The van der Waals surface area contributed by atoms with E-state index in [9.17, 15) is 9.59 Å². The molecular weight excluding hydrogens is 438 g/mol. The summed E-state index contributed by atoms with van der Waals surface area (Å²) in [5, 5.41) is 3.52. The van der Waals surface area contributed by atoms with Crippen LogP contribution in [0.15, 0.2) is 70.3 Å². The zero-order valence-corrected chi connectivity index (χ0v) is 19.3. The van der Waals surface area contributed by atoms with E-state index in [0.29, 0.717) is 43.5 Å². The first kappa shape index (κ1) is 22.9. The molecule has 2 heterocycles. The van der Waals surface area contributed by atoms with E-state index in [1.165, 1.54) is 11.8 Å². The van der Waals surface area contributed by atoms with Crippen molar-refractivity contribution in [2.24, 2.45) is 0 Å². The highest BCUT2D eigenvalue weighted by molar-refractivity contribution is 7.99. The van der Waals surface area contributed by atoms with Crippen molar-refractivity contribution in [2.45, 2.75) is 31.0 Å². The number of likely N-dealkylation sites (tertiary alicyclic amines) is 1. The van der Waals surface area contributed by atoms with Gasteiger partial charge in [-0.05, 0) is 19.8 Å². The van der Waals surface area contributed by atoms with Crippen LogP contribution in [0.25, 0.3) is 22.6 Å². The molecule has 2 amide bonds. The Kier molecular flexibility index (Phi) is 7.67. The number of nitrogens with one attached hydrogen (secondary N) is 1. The van der Waals surface area contributed by atoms with Gasteiger partial charge in [-0.1, -0.05) is 72.4 Å². The molecule has 0 aliphatic carbocycles. The van der Waals surface area contributed by atoms with Crippen LogP contribution in [0.5, 0.6) is 0 Å². The monoisotopic (exact) mass is 465 g/mol. The Morgan fingerprint density at radius 1 is 1.06 bits per heavy atom. The van der Waals surface area contributed by atoms with Gasteiger partial charge in [-0.15, -0.1) is 0 Å². The minimum Gasteiger partial charge on any atom is -0.450 e. The fraction of sp³-hybridized carbons (Fsp3) is 0.320. The van der Waals surface area contributed by atoms with Gasteiger partial charge in [0.1, 0.15) is 5.69 Å². The first-order valence-electron chi connectivity index (χ1n) is 11.1. The highest BCUT2D eigenvalue weighted by Crippen LogP contribution is 2.35. The number of ether oxygens (including phenoxy) is 1. The van der Waals surface area contributed by atoms with Gasteiger partial charge in [-0.3, -0.25) is 4.79 Å². The Hall–Kier alpha value is -3.26. The standard InChI is InChI=1S/C25H27N3O4S/c1-2-31-25(30)28-15-13-20(14-16-28)26-21(29)17-33-24-27-22(18-9-5-3-6-10-18)23(32-24)19-11-7-4-8-12-19/h3-12,20H,2,13-17H2,1H3,(H,26,29). The molecule has 1 saturated heterocycles. The summed E-state index contributed by atoms with van der Waals surface area (Å²) < 4.78 is 11.1. The van der Waals surface area contributed by atoms with Gasteiger partial charge >= 0.3 is 6.09 Å². The fourth-order valence-electron chi connectivity index (χ4n) is 3.76. The lowest BCUT2D eigenvalue weighted by Gasteiger charge is -2.31. The molecule has 0 spiro atoms. The van der Waals surface area contributed by atoms with Gasteiger partial charge in [-0.2, -0.15) is 0 Å². The summed E-state index contributed by atoms with van der Waals surface area (Å²) in [6.07, 6.45) is 1.14. The molecule has 2 aromatic carbocycles. The normalized spacial score (nSPS) is 14.2. The second kappa shape index (κ2) is 11.0. The number of oxazole rings is 1. The first-order valence-corrected chi connectivity index (χ1v) is 12.1. The van der Waals surface area contributed by atoms with E-state index < -0.39 is 0 Å². The highest BCUT2D eigenvalue weighted by Gasteiger charge is 2.25. The predicted molar refractivity (Wildman–Crippen MR) is 128 cm³/mol. The molecule has 1 aliphatic rings. The van der Waals surface area contributed by atoms with Crippen LogP contribution in [0.3, 0.4) is 0 Å². The third kappa shape index (κ3) is 5.96. The maximum absolute atomic E-state index is 12.5. The van der Waals surface area contributed by atoms with Gasteiger partial charge in [0.25, 0.3) is 5.22 Å². The van der Waals surface area contributed by atoms with E-state index in [1.807, 2.05) is 60.7 Å². The molecule has 4 rings (SSSR count). The van der Waals surface area contributed by atoms with Gasteiger partial charge < -0.3 is 19.4 Å². The van der Waals surface area contributed by atoms with Crippen LogP contribution < -0.4 is 5.32 Å². The van der Waals surface area contributed by atoms with Gasteiger partial charge in [0.15, 0.2) is 5.76 Å². The van der Waals surface area contributed by atoms with Crippen LogP contribution in [0, 0.1) is 0 Å². The SMILES string of the molecule is CCOC(=O)N1CCC(NC(=O)CSc2nc(-c3ccccc3)c(-c3ccccc3)o2)CC1. The fourth-order valence-corrected chi connectivity index (χ4v) is 4.39. The van der Waals surface area contributed by atoms with Crippen LogP contribution >= 0.6 is 11.8 Å². The number of amides is 2. The number of hydrogen-bond donors (Lipinski definition) is 1. The molecule has 0 saturated carbocycles. The molecule has 1 fully saturated rings. The average molecular weight is 466 g/mol. The molecule has 3 aromatic rings. The van der Waals surface area contributed by atoms with Gasteiger partial charge in [0.2, 0.25) is 5.91 Å². The third-order valence-corrected chi connectivity index (χ3v) is 6.23. The van der Waals surface area contributed by atoms with E-state index >= 15 is 0 Å². The Balaban J connectivity index is 1.36. The van der Waals surface area contributed by atoms with Gasteiger partial charge in [0, 0.05) is 30.3 Å². The molecule has 8 heteroatoms. The maximum Gasteiger partial charge on any atom is 0.409 e. The van der Waals surface area contributed by atoms with E-state index in [0.717, 1.165) is 16.8 Å². The summed E-state index contributed by atoms with van der Waals surface area (Å²) in [6.45, 7) is 3.32. The minimum absolute atomic E-state index is 0.0492. The van der Waals surface area contributed by atoms with Crippen LogP contribution in [-0.2, 0) is 9.53 Å². The van der Waals surface area contributed by atoms with E-state index in [1.54, 1.807) is 11.8 Å². The Labute approximate surface area is 197 Å². The van der Waals surface area contributed by atoms with Crippen LogP contribution in [-0.4, -0.2) is 53.4 Å². The molecule has 1 aromatic heterocycles. The molecule has 7 nitrogen and oxygen atoms in total. The zero-order valence-electron chi connectivity index (χ0n) is 18.5. The van der Waals surface area contributed by atoms with Gasteiger partial charge in [0.05, 0.1) is 12.4 Å². The smallest absolute Gasteiger partial charge is 0.409 e. The summed E-state index contributed by atoms with van der Waals surface area (Å²) >= 11 is 1.28. The summed E-state index contributed by atoms with van der Waals surface area (Å²) in [7, 11) is 0. The number of piperidine rings is 1. The summed E-state index contributed by atoms with van der Waals surface area (Å²) in [5.74, 6) is 0.826. The number of nitrogens with zero attached hydrogens (tertiary/aromatic N) is 2. The van der Waals surface area contributed by atoms with Crippen molar-refractivity contribution in [3.63, 3.8) is 0 Å². The lowest BCUT2D eigenvalue weighted by atomic mass is 10.1. The molecule has 0 radical (unpaired) electrons. The number of benzene rings is 2. The molecule has 172 valence electrons. The molecule has 1 aliphatic heterocycles. The van der Waals surface area contributed by atoms with Crippen molar-refractivity contribution in [1.82, 2.24) is 15.2 Å². The lowest BCUT2D eigenvalue weighted by Crippen LogP contribution is -2.47. The van der Waals surface area contributed by atoms with Crippen LogP contribution in [0.4, 0.5) is 4.79 Å². The average Bonchev–Trinajstić information content (AvgIpc) is 3.29. The van der Waals surface area contributed by atoms with Crippen LogP contribution in [0.2, 0.25) is 0 Å². The third-order valence-electron chi connectivity index (χ3n) is 5.40. The van der Waals surface area contributed by atoms with Crippen molar-refractivity contribution in [2.75, 3.05) is 25.4 Å². The topological polar surface area (TPSA) is 84.7 Å². The first-order chi connectivity index (χ1) is 16.1. The summed E-state index contributed by atoms with van der Waals surface area (Å²) in [6, 6.07) is 19.8. The van der Waals surface area contributed by atoms with Crippen LogP contribution in [0.1, 0.15) is 19.8 Å². The van der Waals surface area contributed by atoms with E-state index in [-0.39, 0.29) is 23.8 Å². The zero-order chi connectivity index (χ0) is 23.0. The summed E-state index contributed by atoms with van der Waals surface area (Å²) in [4.78, 5) is 30.7. The van der Waals surface area contributed by atoms with E-state index in [4.69, 9.17) is 9.15 Å². The quantitative estimate of drug-likeness (QED) is 0.503. The van der Waals surface area contributed by atoms with Crippen molar-refractivity contribution >= 4 is 23.8 Å². The van der Waals surface area contributed by atoms with Crippen molar-refractivity contribution < 1.29 is 18.7 Å². The maximum atomic E-state index is 12.5. The number of aromatic nitrogens is 1. The largest absolute Gasteiger partial charge is 0.450 e. The number of thioether (sulfide) groups is 1. The molecule has 1 N–H and O–H groups in total. The Morgan fingerprint density at radius 2 is 1.70 bits per heavy atom. The lowest BCUT2D eigenvalue weighted by molar-refractivity contribution is -0.119. The molecular formula is C25H27N3O4S. The molecule has 0 unspecified atom stereocenters. The van der Waals surface area contributed by atoms with E-state index in [2.05, 4.69) is 10.3 Å². The predicted octanol–water partition coefficient (Wildman–Crippen LogP) is 4.84. The highest BCUT2D eigenvalue weighted by atomic mass is 32.2. The second-order valence-corrected chi connectivity index (χ2v) is 8.63. The number of hydrogen-bond acceptors (Lipinski definition) is 6. The van der Waals surface area contributed by atoms with Gasteiger partial charge in [-0.25, -0.2) is 9.78 Å². The Morgan fingerprint density at radius 3 is 2.33 bits per heavy atom. The number of carbonyl (C=O) groups is 2. The summed E-state index contributed by atoms with van der Waals surface area (Å²) in [5.41, 5.74) is 2.66. The van der Waals surface area contributed by atoms with Crippen molar-refractivity contribution in [1.29, 1.82) is 0 Å². The minimum atomic E-state index is -0.287. The number of rotatable bonds is 7. The van der Waals surface area contributed by atoms with Crippen molar-refractivity contribution in [3.8, 4) is 22.6 Å². The molecule has 0 atom stereocenters. The Bertz CT molecular complexity index is 1010. The molecule has 0 bridgehead atoms. The van der Waals surface area contributed by atoms with Crippen molar-refractivity contribution in [3.05, 3.63) is 60.7 Å².